The number of benzene rings is 1. The molecule has 37 heavy (non-hydrogen) atoms. The third kappa shape index (κ3) is 5.48. The van der Waals surface area contributed by atoms with Gasteiger partial charge in [0.25, 0.3) is 0 Å². The van der Waals surface area contributed by atoms with Crippen LogP contribution in [0, 0.1) is 11.6 Å². The number of esters is 1. The Labute approximate surface area is 209 Å². The van der Waals surface area contributed by atoms with Crippen LogP contribution in [0.25, 0.3) is 22.9 Å². The maximum absolute atomic E-state index is 14.4. The van der Waals surface area contributed by atoms with E-state index in [4.69, 9.17) is 9.26 Å². The molecule has 0 saturated heterocycles. The number of nitrogens with one attached hydrogen (secondary N) is 1. The van der Waals surface area contributed by atoms with Gasteiger partial charge in [-0.2, -0.15) is 5.10 Å². The number of nitrogens with zero attached hydrogens (tertiary/aromatic N) is 6. The summed E-state index contributed by atoms with van der Waals surface area (Å²) < 4.78 is 40.3. The molecule has 4 heterocycles. The summed E-state index contributed by atoms with van der Waals surface area (Å²) in [4.78, 5) is 24.2. The van der Waals surface area contributed by atoms with Crippen molar-refractivity contribution < 1.29 is 22.8 Å². The second kappa shape index (κ2) is 10.7. The average Bonchev–Trinajstić information content (AvgIpc) is 3.60. The molecule has 0 radical (unpaired) electrons. The predicted molar refractivity (Wildman–Crippen MR) is 127 cm³/mol. The highest BCUT2D eigenvalue weighted by atomic mass is 19.1. The van der Waals surface area contributed by atoms with Crippen molar-refractivity contribution in [3.8, 4) is 22.9 Å². The zero-order chi connectivity index (χ0) is 25.6. The van der Waals surface area contributed by atoms with Gasteiger partial charge in [-0.05, 0) is 24.3 Å². The zero-order valence-electron chi connectivity index (χ0n) is 19.2. The fraction of sp³-hybridized carbons (Fsp3) is 0.120. The molecule has 0 amide bonds. The lowest BCUT2D eigenvalue weighted by Gasteiger charge is -2.08. The van der Waals surface area contributed by atoms with E-state index in [0.29, 0.717) is 22.6 Å². The van der Waals surface area contributed by atoms with Crippen LogP contribution < -0.4 is 5.32 Å². The van der Waals surface area contributed by atoms with Crippen molar-refractivity contribution in [2.45, 2.75) is 6.54 Å². The van der Waals surface area contributed by atoms with Crippen molar-refractivity contribution in [1.82, 2.24) is 29.9 Å². The van der Waals surface area contributed by atoms with E-state index in [0.717, 1.165) is 6.20 Å². The summed E-state index contributed by atoms with van der Waals surface area (Å²) in [5.41, 5.74) is 1.93. The number of anilines is 1. The van der Waals surface area contributed by atoms with Gasteiger partial charge < -0.3 is 14.6 Å². The van der Waals surface area contributed by atoms with E-state index in [1.807, 2.05) is 0 Å². The van der Waals surface area contributed by atoms with Crippen LogP contribution in [0.2, 0.25) is 0 Å². The molecule has 0 spiro atoms. The van der Waals surface area contributed by atoms with E-state index in [9.17, 15) is 13.6 Å². The molecule has 5 rings (SSSR count). The number of carbonyl (C=O) groups excluding carboxylic acids is 1. The fourth-order valence-electron chi connectivity index (χ4n) is 3.47. The Balaban J connectivity index is 1.33. The average molecular weight is 503 g/mol. The van der Waals surface area contributed by atoms with E-state index < -0.39 is 11.8 Å². The van der Waals surface area contributed by atoms with Crippen LogP contribution in [0.15, 0.2) is 77.8 Å². The first-order chi connectivity index (χ1) is 18.1. The van der Waals surface area contributed by atoms with E-state index in [-0.39, 0.29) is 42.8 Å². The largest absolute Gasteiger partial charge is 0.459 e. The Hall–Kier alpha value is -5.00. The Kier molecular flexibility index (Phi) is 6.88. The second-order valence-corrected chi connectivity index (χ2v) is 7.72. The molecule has 4 aromatic heterocycles. The van der Waals surface area contributed by atoms with Crippen LogP contribution in [-0.4, -0.2) is 49.0 Å². The number of ether oxygens (including phenoxy) is 1. The molecule has 10 nitrogen and oxygen atoms in total. The minimum atomic E-state index is -0.692. The molecule has 12 heteroatoms. The van der Waals surface area contributed by atoms with Gasteiger partial charge in [-0.15, -0.1) is 0 Å². The summed E-state index contributed by atoms with van der Waals surface area (Å²) >= 11 is 0. The molecule has 1 aromatic carbocycles. The molecular formula is C25H19F2N7O3. The lowest BCUT2D eigenvalue weighted by Crippen LogP contribution is -2.16. The van der Waals surface area contributed by atoms with Crippen molar-refractivity contribution >= 4 is 11.8 Å². The molecule has 1 N–H and O–H groups in total. The molecule has 0 saturated carbocycles. The lowest BCUT2D eigenvalue weighted by atomic mass is 10.2. The van der Waals surface area contributed by atoms with Gasteiger partial charge in [0.1, 0.15) is 35.8 Å². The zero-order valence-corrected chi connectivity index (χ0v) is 19.2. The SMILES string of the molecule is O=C(OCCNc1nc(-c2cc(-c3ccon3)n(Cc3ccccc3F)n2)ncc1F)c1ccccn1. The van der Waals surface area contributed by atoms with Crippen molar-refractivity contribution in [3.63, 3.8) is 0 Å². The Bertz CT molecular complexity index is 1510. The summed E-state index contributed by atoms with van der Waals surface area (Å²) in [6, 6.07) is 14.5. The Morgan fingerprint density at radius 1 is 1.03 bits per heavy atom. The van der Waals surface area contributed by atoms with Crippen molar-refractivity contribution in [2.75, 3.05) is 18.5 Å². The third-order valence-electron chi connectivity index (χ3n) is 5.23. The third-order valence-corrected chi connectivity index (χ3v) is 5.23. The van der Waals surface area contributed by atoms with E-state index in [1.54, 1.807) is 47.1 Å². The number of carbonyl (C=O) groups is 1. The normalized spacial score (nSPS) is 10.9. The van der Waals surface area contributed by atoms with E-state index in [2.05, 4.69) is 30.5 Å². The van der Waals surface area contributed by atoms with Crippen LogP contribution in [0.5, 0.6) is 0 Å². The first-order valence-corrected chi connectivity index (χ1v) is 11.2. The summed E-state index contributed by atoms with van der Waals surface area (Å²) in [6.07, 6.45) is 3.90. The molecule has 0 aliphatic carbocycles. The van der Waals surface area contributed by atoms with Crippen LogP contribution >= 0.6 is 0 Å². The topological polar surface area (TPSA) is 121 Å². The number of hydrogen-bond acceptors (Lipinski definition) is 9. The van der Waals surface area contributed by atoms with Gasteiger partial charge >= 0.3 is 5.97 Å². The molecule has 0 fully saturated rings. The maximum Gasteiger partial charge on any atom is 0.356 e. The van der Waals surface area contributed by atoms with Gasteiger partial charge in [0.15, 0.2) is 17.5 Å². The minimum Gasteiger partial charge on any atom is -0.459 e. The lowest BCUT2D eigenvalue weighted by molar-refractivity contribution is 0.0513. The van der Waals surface area contributed by atoms with Gasteiger partial charge in [-0.1, -0.05) is 29.4 Å². The Morgan fingerprint density at radius 3 is 2.68 bits per heavy atom. The van der Waals surface area contributed by atoms with Crippen LogP contribution in [-0.2, 0) is 11.3 Å². The maximum atomic E-state index is 14.4. The van der Waals surface area contributed by atoms with Crippen LogP contribution in [0.3, 0.4) is 0 Å². The number of halogens is 2. The van der Waals surface area contributed by atoms with Gasteiger partial charge in [0, 0.05) is 17.8 Å². The van der Waals surface area contributed by atoms with Gasteiger partial charge in [-0.3, -0.25) is 4.68 Å². The van der Waals surface area contributed by atoms with E-state index >= 15 is 0 Å². The summed E-state index contributed by atoms with van der Waals surface area (Å²) in [6.45, 7) is 0.169. The van der Waals surface area contributed by atoms with Gasteiger partial charge in [0.05, 0.1) is 25.0 Å². The smallest absolute Gasteiger partial charge is 0.356 e. The summed E-state index contributed by atoms with van der Waals surface area (Å²) in [5, 5.41) is 11.3. The monoisotopic (exact) mass is 503 g/mol. The molecule has 0 bridgehead atoms. The molecular weight excluding hydrogens is 484 g/mol. The molecule has 0 aliphatic rings. The highest BCUT2D eigenvalue weighted by Crippen LogP contribution is 2.26. The molecule has 0 aliphatic heterocycles. The predicted octanol–water partition coefficient (Wildman–Crippen LogP) is 3.99. The standard InChI is InChI=1S/C25H19F2N7O3/c26-17-6-2-1-5-16(17)15-34-22(19-8-11-37-33-19)13-21(32-34)24-30-14-18(27)23(31-24)29-10-12-36-25(35)20-7-3-4-9-28-20/h1-9,11,13-14H,10,12,15H2,(H,29,30,31). The van der Waals surface area contributed by atoms with E-state index in [1.165, 1.54) is 24.6 Å². The second-order valence-electron chi connectivity index (χ2n) is 7.72. The van der Waals surface area contributed by atoms with Crippen LogP contribution in [0.4, 0.5) is 14.6 Å². The number of rotatable bonds is 9. The Morgan fingerprint density at radius 2 is 1.89 bits per heavy atom. The number of aromatic nitrogens is 6. The highest BCUT2D eigenvalue weighted by molar-refractivity contribution is 5.87. The van der Waals surface area contributed by atoms with Crippen molar-refractivity contribution in [2.24, 2.45) is 0 Å². The summed E-state index contributed by atoms with van der Waals surface area (Å²) in [5.74, 6) is -1.62. The quantitative estimate of drug-likeness (QED) is 0.235. The molecule has 0 atom stereocenters. The number of pyridine rings is 1. The molecule has 186 valence electrons. The van der Waals surface area contributed by atoms with Crippen molar-refractivity contribution in [1.29, 1.82) is 0 Å². The minimum absolute atomic E-state index is 0.0399. The van der Waals surface area contributed by atoms with Gasteiger partial charge in [-0.25, -0.2) is 28.5 Å². The molecule has 0 unspecified atom stereocenters. The first kappa shape index (κ1) is 23.7. The first-order valence-electron chi connectivity index (χ1n) is 11.2. The fourth-order valence-corrected chi connectivity index (χ4v) is 3.47. The van der Waals surface area contributed by atoms with Crippen LogP contribution in [0.1, 0.15) is 16.1 Å². The van der Waals surface area contributed by atoms with Gasteiger partial charge in [0.2, 0.25) is 0 Å². The van der Waals surface area contributed by atoms with Crippen molar-refractivity contribution in [3.05, 3.63) is 96.1 Å². The molecule has 5 aromatic rings. The number of hydrogen-bond donors (Lipinski definition) is 1. The highest BCUT2D eigenvalue weighted by Gasteiger charge is 2.18. The summed E-state index contributed by atoms with van der Waals surface area (Å²) in [7, 11) is 0.